The van der Waals surface area contributed by atoms with E-state index in [4.69, 9.17) is 5.11 Å². The summed E-state index contributed by atoms with van der Waals surface area (Å²) in [5.41, 5.74) is 0.946. The zero-order chi connectivity index (χ0) is 17.4. The summed E-state index contributed by atoms with van der Waals surface area (Å²) in [6.45, 7) is 13.1. The topological polar surface area (TPSA) is 54.4 Å². The number of carboxylic acids is 1. The predicted molar refractivity (Wildman–Crippen MR) is 92.1 cm³/mol. The van der Waals surface area contributed by atoms with Crippen LogP contribution in [0.3, 0.4) is 0 Å². The second kappa shape index (κ2) is 6.41. The summed E-state index contributed by atoms with van der Waals surface area (Å²) >= 11 is 0. The summed E-state index contributed by atoms with van der Waals surface area (Å²) in [5.74, 6) is 0.846. The lowest BCUT2D eigenvalue weighted by molar-refractivity contribution is -0.138. The van der Waals surface area contributed by atoms with Crippen molar-refractivity contribution in [3.63, 3.8) is 0 Å². The van der Waals surface area contributed by atoms with Gasteiger partial charge in [0.25, 0.3) is 0 Å². The van der Waals surface area contributed by atoms with Crippen LogP contribution in [0.2, 0.25) is 0 Å². The third kappa shape index (κ3) is 3.25. The molecule has 0 unspecified atom stereocenters. The molecule has 1 N–H and O–H groups in total. The molecule has 0 amide bonds. The Balaban J connectivity index is 2.19. The van der Waals surface area contributed by atoms with Crippen LogP contribution in [0.1, 0.15) is 72.6 Å². The molecule has 3 nitrogen and oxygen atoms in total. The molecule has 0 radical (unpaired) electrons. The lowest BCUT2D eigenvalue weighted by Crippen LogP contribution is -2.52. The fourth-order valence-corrected chi connectivity index (χ4v) is 5.22. The lowest BCUT2D eigenvalue weighted by atomic mass is 9.46. The van der Waals surface area contributed by atoms with E-state index in [1.54, 1.807) is 0 Å². The molecule has 2 rings (SSSR count). The Morgan fingerprint density at radius 3 is 2.65 bits per heavy atom. The second-order valence-electron chi connectivity index (χ2n) is 8.60. The van der Waals surface area contributed by atoms with Crippen LogP contribution in [-0.2, 0) is 9.59 Å². The minimum absolute atomic E-state index is 0.0629. The zero-order valence-corrected chi connectivity index (χ0v) is 15.2. The van der Waals surface area contributed by atoms with Crippen LogP contribution in [-0.4, -0.2) is 16.9 Å². The summed E-state index contributed by atoms with van der Waals surface area (Å²) in [4.78, 5) is 23.1. The number of ketones is 1. The highest BCUT2D eigenvalue weighted by atomic mass is 16.4. The number of carboxylic acid groups (broad SMARTS) is 1. The van der Waals surface area contributed by atoms with E-state index in [1.165, 1.54) is 0 Å². The maximum Gasteiger partial charge on any atom is 0.303 e. The Bertz CT molecular complexity index is 509. The highest BCUT2D eigenvalue weighted by Crippen LogP contribution is 2.62. The van der Waals surface area contributed by atoms with Gasteiger partial charge in [0, 0.05) is 12.8 Å². The summed E-state index contributed by atoms with van der Waals surface area (Å²) in [7, 11) is 0. The van der Waals surface area contributed by atoms with Gasteiger partial charge in [-0.25, -0.2) is 0 Å². The molecule has 0 heterocycles. The van der Waals surface area contributed by atoms with Crippen molar-refractivity contribution in [3.8, 4) is 0 Å². The van der Waals surface area contributed by atoms with E-state index in [9.17, 15) is 9.59 Å². The normalized spacial score (nSPS) is 39.0. The zero-order valence-electron chi connectivity index (χ0n) is 15.2. The molecule has 0 aliphatic heterocycles. The molecule has 0 aromatic rings. The lowest BCUT2D eigenvalue weighted by Gasteiger charge is -2.58. The van der Waals surface area contributed by atoms with E-state index < -0.39 is 5.97 Å². The number of allylic oxidation sites excluding steroid dienone is 1. The molecular weight excluding hydrogens is 288 g/mol. The minimum atomic E-state index is -0.708. The predicted octanol–water partition coefficient (Wildman–Crippen LogP) is 4.86. The highest BCUT2D eigenvalue weighted by molar-refractivity contribution is 5.97. The van der Waals surface area contributed by atoms with E-state index in [2.05, 4.69) is 27.4 Å². The third-order valence-corrected chi connectivity index (χ3v) is 7.17. The van der Waals surface area contributed by atoms with Crippen molar-refractivity contribution < 1.29 is 14.7 Å². The maximum atomic E-state index is 12.2. The van der Waals surface area contributed by atoms with Crippen molar-refractivity contribution in [3.05, 3.63) is 12.2 Å². The smallest absolute Gasteiger partial charge is 0.303 e. The summed E-state index contributed by atoms with van der Waals surface area (Å²) in [5, 5.41) is 8.98. The van der Waals surface area contributed by atoms with Gasteiger partial charge in [-0.2, -0.15) is 0 Å². The summed E-state index contributed by atoms with van der Waals surface area (Å²) in [6.07, 6.45) is 6.02. The van der Waals surface area contributed by atoms with Crippen LogP contribution in [0.15, 0.2) is 12.2 Å². The fraction of sp³-hybridized carbons (Fsp3) is 0.800. The molecule has 0 saturated heterocycles. The van der Waals surface area contributed by atoms with Crippen molar-refractivity contribution in [1.82, 2.24) is 0 Å². The van der Waals surface area contributed by atoms with Crippen LogP contribution >= 0.6 is 0 Å². The molecule has 2 aliphatic rings. The van der Waals surface area contributed by atoms with E-state index in [0.29, 0.717) is 18.3 Å². The molecule has 2 aliphatic carbocycles. The molecule has 0 aromatic carbocycles. The Morgan fingerprint density at radius 2 is 2.04 bits per heavy atom. The van der Waals surface area contributed by atoms with Gasteiger partial charge < -0.3 is 5.11 Å². The van der Waals surface area contributed by atoms with Gasteiger partial charge in [0.05, 0.1) is 0 Å². The Hall–Kier alpha value is -1.12. The SMILES string of the molecule is C=C1C(=O)CC[C@@H]2[C@@](C)(CC[C@@H](C)CC(=O)O)[C@H](C)CC[C@]12C. The Labute approximate surface area is 140 Å². The molecule has 3 heteroatoms. The fourth-order valence-electron chi connectivity index (χ4n) is 5.22. The van der Waals surface area contributed by atoms with Crippen molar-refractivity contribution >= 4 is 11.8 Å². The quantitative estimate of drug-likeness (QED) is 0.736. The number of hydrogen-bond donors (Lipinski definition) is 1. The van der Waals surface area contributed by atoms with Gasteiger partial charge in [0.15, 0.2) is 5.78 Å². The van der Waals surface area contributed by atoms with Crippen LogP contribution in [0.5, 0.6) is 0 Å². The first-order valence-electron chi connectivity index (χ1n) is 9.05. The second-order valence-corrected chi connectivity index (χ2v) is 8.60. The maximum absolute atomic E-state index is 12.2. The summed E-state index contributed by atoms with van der Waals surface area (Å²) in [6, 6.07) is 0. The molecule has 23 heavy (non-hydrogen) atoms. The van der Waals surface area contributed by atoms with Crippen molar-refractivity contribution in [2.24, 2.45) is 28.6 Å². The molecule has 2 saturated carbocycles. The Morgan fingerprint density at radius 1 is 1.39 bits per heavy atom. The van der Waals surface area contributed by atoms with Crippen LogP contribution in [0.25, 0.3) is 0 Å². The molecule has 5 atom stereocenters. The Kier molecular flexibility index (Phi) is 5.08. The minimum Gasteiger partial charge on any atom is -0.481 e. The number of hydrogen-bond acceptors (Lipinski definition) is 2. The highest BCUT2D eigenvalue weighted by Gasteiger charge is 2.55. The number of fused-ring (bicyclic) bond motifs is 1. The molecule has 0 aromatic heterocycles. The number of Topliss-reactive ketones (excluding diaryl/α,β-unsaturated/α-hetero) is 1. The van der Waals surface area contributed by atoms with Gasteiger partial charge in [-0.05, 0) is 66.3 Å². The van der Waals surface area contributed by atoms with Crippen molar-refractivity contribution in [2.75, 3.05) is 0 Å². The van der Waals surface area contributed by atoms with E-state index >= 15 is 0 Å². The first-order chi connectivity index (χ1) is 10.6. The largest absolute Gasteiger partial charge is 0.481 e. The monoisotopic (exact) mass is 320 g/mol. The van der Waals surface area contributed by atoms with E-state index in [-0.39, 0.29) is 29.0 Å². The average Bonchev–Trinajstić information content (AvgIpc) is 2.46. The van der Waals surface area contributed by atoms with E-state index in [1.807, 2.05) is 6.92 Å². The number of aliphatic carboxylic acids is 1. The van der Waals surface area contributed by atoms with Gasteiger partial charge in [-0.15, -0.1) is 0 Å². The van der Waals surface area contributed by atoms with Gasteiger partial charge in [-0.1, -0.05) is 34.3 Å². The van der Waals surface area contributed by atoms with Gasteiger partial charge in [0.2, 0.25) is 0 Å². The average molecular weight is 320 g/mol. The molecule has 0 bridgehead atoms. The first kappa shape index (κ1) is 18.2. The van der Waals surface area contributed by atoms with Crippen LogP contribution in [0, 0.1) is 28.6 Å². The van der Waals surface area contributed by atoms with Gasteiger partial charge in [0.1, 0.15) is 0 Å². The first-order valence-corrected chi connectivity index (χ1v) is 9.05. The van der Waals surface area contributed by atoms with Gasteiger partial charge >= 0.3 is 5.97 Å². The number of carbonyl (C=O) groups excluding carboxylic acids is 1. The van der Waals surface area contributed by atoms with Crippen LogP contribution < -0.4 is 0 Å². The standard InChI is InChI=1S/C20H32O3/c1-13(12-18(22)23)8-10-19(4)14(2)9-11-20(5)15(3)16(21)6-7-17(19)20/h13-14,17H,3,6-12H2,1-2,4-5H3,(H,22,23)/t13-,14-,17-,19+,20-/m1/s1. The summed E-state index contributed by atoms with van der Waals surface area (Å²) < 4.78 is 0. The number of carbonyl (C=O) groups is 2. The van der Waals surface area contributed by atoms with Crippen molar-refractivity contribution in [1.29, 1.82) is 0 Å². The van der Waals surface area contributed by atoms with Crippen LogP contribution in [0.4, 0.5) is 0 Å². The molecular formula is C20H32O3. The van der Waals surface area contributed by atoms with Crippen molar-refractivity contribution in [2.45, 2.75) is 72.6 Å². The van der Waals surface area contributed by atoms with E-state index in [0.717, 1.165) is 37.7 Å². The molecule has 2 fully saturated rings. The molecule has 130 valence electrons. The molecule has 0 spiro atoms. The number of rotatable bonds is 5. The van der Waals surface area contributed by atoms with Gasteiger partial charge in [-0.3, -0.25) is 9.59 Å². The third-order valence-electron chi connectivity index (χ3n) is 7.17.